The van der Waals surface area contributed by atoms with Gasteiger partial charge in [-0.25, -0.2) is 4.79 Å². The quantitative estimate of drug-likeness (QED) is 0.302. The van der Waals surface area contributed by atoms with Crippen LogP contribution in [0.15, 0.2) is 22.8 Å². The van der Waals surface area contributed by atoms with Gasteiger partial charge in [-0.05, 0) is 6.92 Å². The molecule has 1 heterocycles. The van der Waals surface area contributed by atoms with Crippen LogP contribution in [0, 0.1) is 0 Å². The molecule has 10 nitrogen and oxygen atoms in total. The number of carboxylic acids is 4. The summed E-state index contributed by atoms with van der Waals surface area (Å²) in [6.07, 6.45) is -0.592. The third-order valence-corrected chi connectivity index (χ3v) is 2.91. The van der Waals surface area contributed by atoms with E-state index in [-0.39, 0.29) is 0 Å². The zero-order valence-corrected chi connectivity index (χ0v) is 15.8. The Labute approximate surface area is 146 Å². The van der Waals surface area contributed by atoms with E-state index in [0.717, 1.165) is 36.0 Å². The number of hydrogen-bond acceptors (Lipinski definition) is 7. The summed E-state index contributed by atoms with van der Waals surface area (Å²) in [6, 6.07) is 3.88. The van der Waals surface area contributed by atoms with Crippen LogP contribution in [0.1, 0.15) is 19.8 Å². The van der Waals surface area contributed by atoms with Crippen molar-refractivity contribution in [3.63, 3.8) is 0 Å². The van der Waals surface area contributed by atoms with Crippen LogP contribution in [0.25, 0.3) is 0 Å². The SMILES string of the molecule is CC(=O)[O-].O=C(O)CC(O)(CC(=O)O)C(=O)O.[Pb+][c]1ccco1. The van der Waals surface area contributed by atoms with Crippen LogP contribution in [0.2, 0.25) is 0 Å². The standard InChI is InChI=1S/C6H8O7.C4H3O.C2H4O2.Pb/c7-3(8)1-6(13,5(11)12)2-4(9)10;1-2-4-5-3-1;1-2(3)4;/h13H,1-2H2,(H,7,8)(H,9,10)(H,11,12);1-3H;1H3,(H,3,4);/q;;;+1/p-1. The van der Waals surface area contributed by atoms with Gasteiger partial charge >= 0.3 is 69.8 Å². The zero-order chi connectivity index (χ0) is 18.6. The summed E-state index contributed by atoms with van der Waals surface area (Å²) >= 11 is 1.03. The summed E-state index contributed by atoms with van der Waals surface area (Å²) in [7, 11) is 0. The first-order valence-electron chi connectivity index (χ1n) is 5.72. The molecule has 0 aliphatic heterocycles. The molecule has 11 heteroatoms. The number of carbonyl (C=O) groups excluding carboxylic acids is 1. The van der Waals surface area contributed by atoms with Gasteiger partial charge in [0.15, 0.2) is 5.60 Å². The van der Waals surface area contributed by atoms with Crippen LogP contribution in [0.5, 0.6) is 0 Å². The molecule has 0 saturated carbocycles. The van der Waals surface area contributed by atoms with E-state index >= 15 is 0 Å². The Morgan fingerprint density at radius 1 is 1.17 bits per heavy atom. The Morgan fingerprint density at radius 3 is 1.70 bits per heavy atom. The molecule has 0 aromatic carbocycles. The fraction of sp³-hybridized carbons (Fsp3) is 0.333. The van der Waals surface area contributed by atoms with Crippen molar-refractivity contribution in [3.05, 3.63) is 18.4 Å². The van der Waals surface area contributed by atoms with Crippen molar-refractivity contribution in [2.24, 2.45) is 0 Å². The molecular formula is C12H14O10Pb. The van der Waals surface area contributed by atoms with Crippen LogP contribution in [0.3, 0.4) is 0 Å². The van der Waals surface area contributed by atoms with Crippen LogP contribution in [-0.2, 0) is 19.2 Å². The van der Waals surface area contributed by atoms with Crippen molar-refractivity contribution in [2.45, 2.75) is 25.4 Å². The fourth-order valence-corrected chi connectivity index (χ4v) is 1.63. The summed E-state index contributed by atoms with van der Waals surface area (Å²) in [6.45, 7) is 0.972. The Kier molecular flexibility index (Phi) is 11.7. The van der Waals surface area contributed by atoms with Gasteiger partial charge < -0.3 is 30.3 Å². The van der Waals surface area contributed by atoms with E-state index in [4.69, 9.17) is 34.7 Å². The number of rotatable bonds is 5. The first kappa shape index (κ1) is 23.3. The molecule has 0 atom stereocenters. The van der Waals surface area contributed by atoms with E-state index in [1.165, 1.54) is 0 Å². The molecule has 0 bridgehead atoms. The summed E-state index contributed by atoms with van der Waals surface area (Å²) in [5.41, 5.74) is -2.74. The molecule has 0 unspecified atom stereocenters. The Bertz CT molecular complexity index is 502. The third-order valence-electron chi connectivity index (χ3n) is 1.81. The second-order valence-corrected chi connectivity index (χ2v) is 5.86. The Hall–Kier alpha value is -1.96. The van der Waals surface area contributed by atoms with E-state index in [9.17, 15) is 14.4 Å². The predicted molar refractivity (Wildman–Crippen MR) is 71.9 cm³/mol. The van der Waals surface area contributed by atoms with Gasteiger partial charge in [0.1, 0.15) is 0 Å². The van der Waals surface area contributed by atoms with Gasteiger partial charge in [-0.1, -0.05) is 0 Å². The molecule has 0 fully saturated rings. The molecule has 1 aromatic heterocycles. The van der Waals surface area contributed by atoms with Crippen molar-refractivity contribution in [2.75, 3.05) is 0 Å². The minimum atomic E-state index is -2.74. The van der Waals surface area contributed by atoms with Crippen molar-refractivity contribution in [1.29, 1.82) is 0 Å². The Morgan fingerprint density at radius 2 is 1.57 bits per heavy atom. The van der Waals surface area contributed by atoms with Crippen LogP contribution in [0.4, 0.5) is 0 Å². The number of aliphatic hydroxyl groups is 1. The summed E-state index contributed by atoms with van der Waals surface area (Å²) in [5, 5.41) is 42.7. The zero-order valence-electron chi connectivity index (χ0n) is 11.9. The van der Waals surface area contributed by atoms with Gasteiger partial charge in [0.05, 0.1) is 12.8 Å². The van der Waals surface area contributed by atoms with Gasteiger partial charge in [-0.2, -0.15) is 0 Å². The molecule has 0 saturated heterocycles. The van der Waals surface area contributed by atoms with E-state index in [2.05, 4.69) is 0 Å². The van der Waals surface area contributed by atoms with Crippen LogP contribution >= 0.6 is 0 Å². The van der Waals surface area contributed by atoms with E-state index in [1.54, 1.807) is 6.26 Å². The third kappa shape index (κ3) is 14.7. The fourth-order valence-electron chi connectivity index (χ4n) is 0.993. The number of carboxylic acid groups (broad SMARTS) is 4. The number of aliphatic carboxylic acids is 4. The Balaban J connectivity index is 0. The van der Waals surface area contributed by atoms with E-state index in [0.29, 0.717) is 0 Å². The first-order chi connectivity index (χ1) is 10.4. The molecule has 1 rings (SSSR count). The molecule has 0 amide bonds. The van der Waals surface area contributed by atoms with Crippen LogP contribution < -0.4 is 8.43 Å². The minimum absolute atomic E-state index is 0.972. The monoisotopic (exact) mass is 526 g/mol. The van der Waals surface area contributed by atoms with Crippen molar-refractivity contribution < 1.29 is 49.1 Å². The molecule has 23 heavy (non-hydrogen) atoms. The molecular weight excluding hydrogens is 511 g/mol. The number of carbonyl (C=O) groups is 4. The number of hydrogen-bond donors (Lipinski definition) is 4. The average molecular weight is 525 g/mol. The molecule has 1 aromatic rings. The van der Waals surface area contributed by atoms with Gasteiger partial charge in [-0.15, -0.1) is 0 Å². The van der Waals surface area contributed by atoms with E-state index in [1.807, 2.05) is 12.1 Å². The van der Waals surface area contributed by atoms with Crippen molar-refractivity contribution >= 4 is 53.0 Å². The summed E-state index contributed by atoms with van der Waals surface area (Å²) in [4.78, 5) is 39.4. The summed E-state index contributed by atoms with van der Waals surface area (Å²) in [5.74, 6) is -6.10. The maximum atomic E-state index is 10.3. The van der Waals surface area contributed by atoms with Gasteiger partial charge in [0.2, 0.25) is 0 Å². The number of furan rings is 1. The predicted octanol–water partition coefficient (Wildman–Crippen LogP) is -2.42. The molecule has 0 aliphatic rings. The molecule has 0 aliphatic carbocycles. The van der Waals surface area contributed by atoms with Gasteiger partial charge in [0, 0.05) is 5.97 Å². The molecule has 4 N–H and O–H groups in total. The van der Waals surface area contributed by atoms with Crippen LogP contribution in [-0.4, -0.2) is 75.7 Å². The van der Waals surface area contributed by atoms with Crippen molar-refractivity contribution in [3.8, 4) is 0 Å². The second kappa shape index (κ2) is 11.6. The summed E-state index contributed by atoms with van der Waals surface area (Å²) < 4.78 is 6.00. The molecule has 0 spiro atoms. The molecule has 2 radical (unpaired) electrons. The maximum absolute atomic E-state index is 10.3. The van der Waals surface area contributed by atoms with E-state index < -0.39 is 42.3 Å². The average Bonchev–Trinajstić information content (AvgIpc) is 2.77. The first-order valence-corrected chi connectivity index (χ1v) is 7.67. The normalized spacial score (nSPS) is 9.48. The van der Waals surface area contributed by atoms with Gasteiger partial charge in [-0.3, -0.25) is 9.59 Å². The van der Waals surface area contributed by atoms with Gasteiger partial charge in [0.25, 0.3) is 0 Å². The molecule has 126 valence electrons. The second-order valence-electron chi connectivity index (χ2n) is 3.95. The van der Waals surface area contributed by atoms with Crippen molar-refractivity contribution in [1.82, 2.24) is 0 Å². The topological polar surface area (TPSA) is 185 Å².